The van der Waals surface area contributed by atoms with Gasteiger partial charge in [0.1, 0.15) is 11.2 Å². The molecule has 3 heteroatoms. The molecule has 0 unspecified atom stereocenters. The van der Waals surface area contributed by atoms with Crippen molar-refractivity contribution in [2.75, 3.05) is 4.90 Å². The number of fused-ring (bicyclic) bond motifs is 11. The first-order valence-corrected chi connectivity index (χ1v) is 24.2. The Hall–Kier alpha value is -8.92. The third-order valence-electron chi connectivity index (χ3n) is 15.0. The highest BCUT2D eigenvalue weighted by Crippen LogP contribution is 2.54. The van der Waals surface area contributed by atoms with Gasteiger partial charge in [-0.2, -0.15) is 0 Å². The van der Waals surface area contributed by atoms with Crippen molar-refractivity contribution in [2.24, 2.45) is 0 Å². The number of aromatic nitrogens is 1. The number of anilines is 3. The summed E-state index contributed by atoms with van der Waals surface area (Å²) in [6.45, 7) is 4.70. The van der Waals surface area contributed by atoms with E-state index in [-0.39, 0.29) is 5.41 Å². The minimum Gasteiger partial charge on any atom is -0.456 e. The molecule has 0 radical (unpaired) electrons. The minimum atomic E-state index is -0.134. The Bertz CT molecular complexity index is 4180. The molecule has 14 rings (SSSR count). The first-order chi connectivity index (χ1) is 34.5. The van der Waals surface area contributed by atoms with Crippen molar-refractivity contribution in [2.45, 2.75) is 19.3 Å². The Balaban J connectivity index is 0.923. The fourth-order valence-electron chi connectivity index (χ4n) is 11.5. The van der Waals surface area contributed by atoms with Crippen LogP contribution < -0.4 is 4.90 Å². The zero-order valence-corrected chi connectivity index (χ0v) is 38.9. The fraction of sp³-hybridized carbons (Fsp3) is 0.0448. The molecular formula is C67H46N2O. The summed E-state index contributed by atoms with van der Waals surface area (Å²) in [6, 6.07) is 88.6. The second kappa shape index (κ2) is 15.6. The van der Waals surface area contributed by atoms with Crippen LogP contribution in [0.1, 0.15) is 25.0 Å². The molecule has 330 valence electrons. The lowest BCUT2D eigenvalue weighted by atomic mass is 9.82. The maximum Gasteiger partial charge on any atom is 0.135 e. The predicted octanol–water partition coefficient (Wildman–Crippen LogP) is 18.6. The van der Waals surface area contributed by atoms with Crippen LogP contribution in [0.25, 0.3) is 105 Å². The predicted molar refractivity (Wildman–Crippen MR) is 294 cm³/mol. The second-order valence-electron chi connectivity index (χ2n) is 19.3. The van der Waals surface area contributed by atoms with Crippen LogP contribution in [-0.2, 0) is 5.41 Å². The highest BCUT2D eigenvalue weighted by Gasteiger charge is 2.37. The van der Waals surface area contributed by atoms with Gasteiger partial charge in [0.25, 0.3) is 0 Å². The topological polar surface area (TPSA) is 21.3 Å². The molecule has 0 bridgehead atoms. The molecule has 11 aromatic carbocycles. The zero-order chi connectivity index (χ0) is 46.5. The summed E-state index contributed by atoms with van der Waals surface area (Å²) in [5.41, 5.74) is 20.8. The summed E-state index contributed by atoms with van der Waals surface area (Å²) >= 11 is 0. The molecule has 70 heavy (non-hydrogen) atoms. The standard InChI is InChI=1S/C67H46N2O/c1-67(2)58-21-12-11-20-54(58)66-59(67)22-13-23-61(66)68(50-31-24-45(25-32-50)43-14-5-3-6-15-43)52-35-39-64-56(42-52)55-40-49(30-38-63(55)70-64)48-29-36-60-57(41-48)65-53-19-10-9-18-47(53)28-37-62(65)69(60)51-33-26-46(27-34-51)44-16-7-4-8-17-44/h3-42H,1-2H3. The quantitative estimate of drug-likeness (QED) is 0.159. The number of hydrogen-bond acceptors (Lipinski definition) is 2. The fourth-order valence-corrected chi connectivity index (χ4v) is 11.5. The van der Waals surface area contributed by atoms with Crippen LogP contribution in [-0.4, -0.2) is 4.57 Å². The number of hydrogen-bond donors (Lipinski definition) is 0. The van der Waals surface area contributed by atoms with Crippen LogP contribution in [0.2, 0.25) is 0 Å². The van der Waals surface area contributed by atoms with Crippen molar-refractivity contribution >= 4 is 71.6 Å². The monoisotopic (exact) mass is 894 g/mol. The minimum absolute atomic E-state index is 0.134. The highest BCUT2D eigenvalue weighted by molar-refractivity contribution is 6.22. The zero-order valence-electron chi connectivity index (χ0n) is 38.9. The average molecular weight is 895 g/mol. The van der Waals surface area contributed by atoms with E-state index < -0.39 is 0 Å². The molecule has 1 aliphatic rings. The van der Waals surface area contributed by atoms with Crippen molar-refractivity contribution in [1.82, 2.24) is 4.57 Å². The molecular weight excluding hydrogens is 849 g/mol. The third-order valence-corrected chi connectivity index (χ3v) is 15.0. The molecule has 0 aliphatic heterocycles. The molecule has 0 amide bonds. The number of nitrogens with zero attached hydrogens (tertiary/aromatic N) is 2. The van der Waals surface area contributed by atoms with Gasteiger partial charge >= 0.3 is 0 Å². The Morgan fingerprint density at radius 2 is 0.943 bits per heavy atom. The van der Waals surface area contributed by atoms with Crippen molar-refractivity contribution in [3.63, 3.8) is 0 Å². The lowest BCUT2D eigenvalue weighted by Crippen LogP contribution is -2.16. The molecule has 0 saturated heterocycles. The maximum absolute atomic E-state index is 6.65. The molecule has 0 atom stereocenters. The summed E-state index contributed by atoms with van der Waals surface area (Å²) in [5, 5.41) is 7.14. The summed E-state index contributed by atoms with van der Waals surface area (Å²) < 4.78 is 9.07. The van der Waals surface area contributed by atoms with Gasteiger partial charge in [0.05, 0.1) is 16.7 Å². The number of rotatable bonds is 7. The number of benzene rings is 11. The molecule has 0 N–H and O–H groups in total. The van der Waals surface area contributed by atoms with E-state index in [0.29, 0.717) is 0 Å². The van der Waals surface area contributed by atoms with Crippen molar-refractivity contribution in [3.8, 4) is 50.2 Å². The van der Waals surface area contributed by atoms with Gasteiger partial charge in [0.15, 0.2) is 0 Å². The van der Waals surface area contributed by atoms with E-state index in [0.717, 1.165) is 55.8 Å². The van der Waals surface area contributed by atoms with E-state index in [1.807, 2.05) is 0 Å². The third kappa shape index (κ3) is 6.21. The first-order valence-electron chi connectivity index (χ1n) is 24.2. The first kappa shape index (κ1) is 40.2. The maximum atomic E-state index is 6.65. The molecule has 3 nitrogen and oxygen atoms in total. The van der Waals surface area contributed by atoms with Gasteiger partial charge in [-0.15, -0.1) is 0 Å². The highest BCUT2D eigenvalue weighted by atomic mass is 16.3. The lowest BCUT2D eigenvalue weighted by molar-refractivity contribution is 0.660. The Labute approximate surface area is 406 Å². The van der Waals surface area contributed by atoms with E-state index >= 15 is 0 Å². The summed E-state index contributed by atoms with van der Waals surface area (Å²) in [7, 11) is 0. The van der Waals surface area contributed by atoms with Crippen molar-refractivity contribution in [3.05, 3.63) is 254 Å². The van der Waals surface area contributed by atoms with E-state index in [4.69, 9.17) is 4.42 Å². The van der Waals surface area contributed by atoms with E-state index in [1.54, 1.807) is 0 Å². The number of furan rings is 1. The van der Waals surface area contributed by atoms with E-state index in [1.165, 1.54) is 77.1 Å². The lowest BCUT2D eigenvalue weighted by Gasteiger charge is -2.29. The van der Waals surface area contributed by atoms with Crippen LogP contribution in [0, 0.1) is 0 Å². The molecule has 2 aromatic heterocycles. The summed E-state index contributed by atoms with van der Waals surface area (Å²) in [5.74, 6) is 0. The molecule has 0 saturated carbocycles. The van der Waals surface area contributed by atoms with Gasteiger partial charge in [-0.05, 0) is 140 Å². The van der Waals surface area contributed by atoms with Crippen LogP contribution in [0.4, 0.5) is 17.1 Å². The molecule has 1 aliphatic carbocycles. The van der Waals surface area contributed by atoms with Crippen LogP contribution >= 0.6 is 0 Å². The van der Waals surface area contributed by atoms with Gasteiger partial charge < -0.3 is 13.9 Å². The largest absolute Gasteiger partial charge is 0.456 e. The van der Waals surface area contributed by atoms with Gasteiger partial charge in [0.2, 0.25) is 0 Å². The molecule has 2 heterocycles. The second-order valence-corrected chi connectivity index (χ2v) is 19.3. The Morgan fingerprint density at radius 1 is 0.386 bits per heavy atom. The SMILES string of the molecule is CC1(C)c2ccccc2-c2c(N(c3ccc(-c4ccccc4)cc3)c3ccc4oc5ccc(-c6ccc7c(c6)c6c8ccccc8ccc6n7-c6ccc(-c7ccccc7)cc6)cc5c4c3)cccc21. The summed E-state index contributed by atoms with van der Waals surface area (Å²) in [6.07, 6.45) is 0. The molecule has 0 spiro atoms. The molecule has 13 aromatic rings. The van der Waals surface area contributed by atoms with Gasteiger partial charge in [-0.3, -0.25) is 0 Å². The Kier molecular flexibility index (Phi) is 8.93. The molecule has 0 fully saturated rings. The van der Waals surface area contributed by atoms with Gasteiger partial charge in [-0.1, -0.05) is 178 Å². The summed E-state index contributed by atoms with van der Waals surface area (Å²) in [4.78, 5) is 2.44. The van der Waals surface area contributed by atoms with Crippen LogP contribution in [0.5, 0.6) is 0 Å². The van der Waals surface area contributed by atoms with Crippen molar-refractivity contribution < 1.29 is 4.42 Å². The van der Waals surface area contributed by atoms with Gasteiger partial charge in [0, 0.05) is 49.6 Å². The smallest absolute Gasteiger partial charge is 0.135 e. The van der Waals surface area contributed by atoms with Crippen LogP contribution in [0.15, 0.2) is 247 Å². The Morgan fingerprint density at radius 3 is 1.70 bits per heavy atom. The van der Waals surface area contributed by atoms with Crippen molar-refractivity contribution in [1.29, 1.82) is 0 Å². The van der Waals surface area contributed by atoms with E-state index in [9.17, 15) is 0 Å². The average Bonchev–Trinajstić information content (AvgIpc) is 4.04. The van der Waals surface area contributed by atoms with Gasteiger partial charge in [-0.25, -0.2) is 0 Å². The van der Waals surface area contributed by atoms with Crippen LogP contribution in [0.3, 0.4) is 0 Å². The van der Waals surface area contributed by atoms with E-state index in [2.05, 4.69) is 266 Å². The normalized spacial score (nSPS) is 12.8.